The molecule has 1 aromatic carbocycles. The minimum Gasteiger partial charge on any atom is -0.355 e. The number of likely N-dealkylation sites (N-methyl/N-ethyl adjacent to an activating group) is 1. The Morgan fingerprint density at radius 2 is 1.76 bits per heavy atom. The van der Waals surface area contributed by atoms with Crippen molar-refractivity contribution >= 4 is 35.8 Å². The number of nitrogens with zero attached hydrogens (tertiary/aromatic N) is 5. The molecule has 4 aliphatic rings. The van der Waals surface area contributed by atoms with Crippen molar-refractivity contribution in [3.63, 3.8) is 0 Å². The number of hydrogen-bond acceptors (Lipinski definition) is 5. The van der Waals surface area contributed by atoms with E-state index < -0.39 is 0 Å². The number of rotatable bonds is 7. The number of halogens is 1. The molecule has 0 saturated carbocycles. The van der Waals surface area contributed by atoms with Gasteiger partial charge in [0.05, 0.1) is 0 Å². The van der Waals surface area contributed by atoms with E-state index in [2.05, 4.69) is 60.7 Å². The number of piperidine rings is 1. The predicted molar refractivity (Wildman–Crippen MR) is 144 cm³/mol. The summed E-state index contributed by atoms with van der Waals surface area (Å²) in [6.07, 6.45) is 2.16. The lowest BCUT2D eigenvalue weighted by Crippen LogP contribution is -2.64. The zero-order chi connectivity index (χ0) is 22.3. The Labute approximate surface area is 215 Å². The van der Waals surface area contributed by atoms with E-state index in [1.165, 1.54) is 18.7 Å². The van der Waals surface area contributed by atoms with Crippen LogP contribution < -0.4 is 10.6 Å². The highest BCUT2D eigenvalue weighted by Gasteiger charge is 2.31. The molecular weight excluding hydrogens is 529 g/mol. The van der Waals surface area contributed by atoms with Crippen molar-refractivity contribution < 1.29 is 4.79 Å². The molecule has 0 aromatic heterocycles. The van der Waals surface area contributed by atoms with Crippen molar-refractivity contribution in [1.29, 1.82) is 0 Å². The third-order valence-electron chi connectivity index (χ3n) is 6.95. The number of aliphatic imine (C=N–C) groups is 1. The number of likely N-dealkylation sites (tertiary alicyclic amines) is 1. The van der Waals surface area contributed by atoms with Gasteiger partial charge in [0.1, 0.15) is 6.54 Å². The molecule has 9 heteroatoms. The van der Waals surface area contributed by atoms with Crippen LogP contribution in [-0.2, 0) is 11.3 Å². The van der Waals surface area contributed by atoms with E-state index >= 15 is 0 Å². The number of carbonyl (C=O) groups is 1. The second-order valence-corrected chi connectivity index (χ2v) is 9.50. The number of hydrogen-bond donors (Lipinski definition) is 2. The van der Waals surface area contributed by atoms with Crippen LogP contribution in [0, 0.1) is 0 Å². The van der Waals surface area contributed by atoms with E-state index in [1.54, 1.807) is 19.0 Å². The monoisotopic (exact) mass is 569 g/mol. The van der Waals surface area contributed by atoms with Crippen molar-refractivity contribution in [2.24, 2.45) is 4.99 Å². The maximum atomic E-state index is 12.1. The first-order valence-corrected chi connectivity index (χ1v) is 12.0. The molecule has 184 valence electrons. The summed E-state index contributed by atoms with van der Waals surface area (Å²) >= 11 is 0. The van der Waals surface area contributed by atoms with E-state index in [0.717, 1.165) is 64.6 Å². The average Bonchev–Trinajstić information content (AvgIpc) is 2.83. The van der Waals surface area contributed by atoms with Crippen LogP contribution in [0.5, 0.6) is 0 Å². The number of fused-ring (bicyclic) bond motifs is 3. The molecule has 2 N–H and O–H groups in total. The highest BCUT2D eigenvalue weighted by atomic mass is 127. The minimum atomic E-state index is 0. The molecule has 33 heavy (non-hydrogen) atoms. The molecule has 4 saturated heterocycles. The molecule has 5 rings (SSSR count). The average molecular weight is 570 g/mol. The van der Waals surface area contributed by atoms with E-state index in [4.69, 9.17) is 0 Å². The number of amides is 1. The molecule has 4 aliphatic heterocycles. The summed E-state index contributed by atoms with van der Waals surface area (Å²) in [7, 11) is 3.56. The van der Waals surface area contributed by atoms with E-state index in [9.17, 15) is 4.79 Å². The van der Waals surface area contributed by atoms with Gasteiger partial charge in [0.15, 0.2) is 5.96 Å². The van der Waals surface area contributed by atoms with Gasteiger partial charge in [-0.2, -0.15) is 0 Å². The Morgan fingerprint density at radius 3 is 2.36 bits per heavy atom. The zero-order valence-corrected chi connectivity index (χ0v) is 22.4. The molecule has 1 atom stereocenters. The van der Waals surface area contributed by atoms with Gasteiger partial charge in [0.25, 0.3) is 0 Å². The number of guanidine groups is 1. The highest BCUT2D eigenvalue weighted by molar-refractivity contribution is 14.0. The fourth-order valence-electron chi connectivity index (χ4n) is 4.84. The maximum absolute atomic E-state index is 12.1. The SMILES string of the molecule is CN(C)C(=O)CN=C(NCC1CN2CCN1CC2)NC1CCN(Cc2ccccc2)CC1.I. The molecule has 0 radical (unpaired) electrons. The summed E-state index contributed by atoms with van der Waals surface area (Å²) in [6, 6.07) is 11.6. The topological polar surface area (TPSA) is 66.5 Å². The summed E-state index contributed by atoms with van der Waals surface area (Å²) in [5.41, 5.74) is 1.37. The second-order valence-electron chi connectivity index (χ2n) is 9.50. The lowest BCUT2D eigenvalue weighted by atomic mass is 10.0. The van der Waals surface area contributed by atoms with Crippen molar-refractivity contribution in [2.75, 3.05) is 73.0 Å². The third kappa shape index (κ3) is 7.80. The van der Waals surface area contributed by atoms with Gasteiger partial charge in [-0.15, -0.1) is 24.0 Å². The fourth-order valence-corrected chi connectivity index (χ4v) is 4.84. The number of piperazine rings is 3. The highest BCUT2D eigenvalue weighted by Crippen LogP contribution is 2.16. The molecular formula is C24H40IN7O. The summed E-state index contributed by atoms with van der Waals surface area (Å²) in [6.45, 7) is 10.0. The molecule has 4 fully saturated rings. The molecule has 8 nitrogen and oxygen atoms in total. The standard InChI is InChI=1S/C24H39N7O.HI/c1-28(2)23(32)17-26-24(25-16-22-19-30-12-14-31(22)15-13-30)27-21-8-10-29(11-9-21)18-20-6-4-3-5-7-20;/h3-7,21-22H,8-19H2,1-2H3,(H2,25,26,27);1H. The minimum absolute atomic E-state index is 0. The molecule has 1 aromatic rings. The van der Waals surface area contributed by atoms with Crippen LogP contribution in [0.2, 0.25) is 0 Å². The predicted octanol–water partition coefficient (Wildman–Crippen LogP) is 0.892. The third-order valence-corrected chi connectivity index (χ3v) is 6.95. The van der Waals surface area contributed by atoms with Crippen molar-refractivity contribution in [2.45, 2.75) is 31.5 Å². The summed E-state index contributed by atoms with van der Waals surface area (Å²) in [5, 5.41) is 7.18. The van der Waals surface area contributed by atoms with Crippen LogP contribution in [0.15, 0.2) is 35.3 Å². The van der Waals surface area contributed by atoms with E-state index in [-0.39, 0.29) is 36.4 Å². The van der Waals surface area contributed by atoms with Crippen LogP contribution in [0.3, 0.4) is 0 Å². The van der Waals surface area contributed by atoms with Gasteiger partial charge in [0, 0.05) is 85.1 Å². The molecule has 0 spiro atoms. The van der Waals surface area contributed by atoms with Gasteiger partial charge in [-0.05, 0) is 18.4 Å². The first kappa shape index (κ1) is 26.2. The Balaban J connectivity index is 0.00000306. The van der Waals surface area contributed by atoms with Gasteiger partial charge >= 0.3 is 0 Å². The zero-order valence-electron chi connectivity index (χ0n) is 20.1. The molecule has 1 unspecified atom stereocenters. The smallest absolute Gasteiger partial charge is 0.243 e. The van der Waals surface area contributed by atoms with Crippen LogP contribution in [0.25, 0.3) is 0 Å². The van der Waals surface area contributed by atoms with Gasteiger partial charge in [0.2, 0.25) is 5.91 Å². The van der Waals surface area contributed by atoms with Crippen molar-refractivity contribution in [3.05, 3.63) is 35.9 Å². The van der Waals surface area contributed by atoms with Crippen LogP contribution in [0.1, 0.15) is 18.4 Å². The second kappa shape index (κ2) is 12.9. The van der Waals surface area contributed by atoms with Crippen LogP contribution in [0.4, 0.5) is 0 Å². The summed E-state index contributed by atoms with van der Waals surface area (Å²) < 4.78 is 0. The lowest BCUT2D eigenvalue weighted by molar-refractivity contribution is -0.127. The quantitative estimate of drug-likeness (QED) is 0.289. The van der Waals surface area contributed by atoms with Gasteiger partial charge in [-0.25, -0.2) is 4.99 Å². The first-order valence-electron chi connectivity index (χ1n) is 12.0. The maximum Gasteiger partial charge on any atom is 0.243 e. The number of nitrogens with one attached hydrogen (secondary N) is 2. The van der Waals surface area contributed by atoms with Crippen LogP contribution >= 0.6 is 24.0 Å². The van der Waals surface area contributed by atoms with Gasteiger partial charge in [-0.1, -0.05) is 30.3 Å². The van der Waals surface area contributed by atoms with Gasteiger partial charge < -0.3 is 15.5 Å². The molecule has 4 heterocycles. The Morgan fingerprint density at radius 1 is 1.06 bits per heavy atom. The van der Waals surface area contributed by atoms with Crippen LogP contribution in [-0.4, -0.2) is 117 Å². The lowest BCUT2D eigenvalue weighted by Gasteiger charge is -2.47. The van der Waals surface area contributed by atoms with E-state index in [0.29, 0.717) is 12.1 Å². The molecule has 0 aliphatic carbocycles. The Hall–Kier alpha value is -1.43. The van der Waals surface area contributed by atoms with E-state index in [1.807, 2.05) is 0 Å². The largest absolute Gasteiger partial charge is 0.355 e. The summed E-state index contributed by atoms with van der Waals surface area (Å²) in [4.78, 5) is 26.0. The molecule has 1 amide bonds. The molecule has 2 bridgehead atoms. The Bertz CT molecular complexity index is 759. The summed E-state index contributed by atoms with van der Waals surface area (Å²) in [5.74, 6) is 0.801. The number of benzene rings is 1. The Kier molecular flexibility index (Phi) is 10.2. The normalized spacial score (nSPS) is 25.9. The first-order chi connectivity index (χ1) is 15.6. The van der Waals surface area contributed by atoms with Crippen molar-refractivity contribution in [3.8, 4) is 0 Å². The van der Waals surface area contributed by atoms with Gasteiger partial charge in [-0.3, -0.25) is 19.5 Å². The fraction of sp³-hybridized carbons (Fsp3) is 0.667. The van der Waals surface area contributed by atoms with Crippen molar-refractivity contribution in [1.82, 2.24) is 30.2 Å². The number of carbonyl (C=O) groups excluding carboxylic acids is 1.